The van der Waals surface area contributed by atoms with Gasteiger partial charge in [-0.2, -0.15) is 10.4 Å². The molecule has 7 heteroatoms. The first-order valence-corrected chi connectivity index (χ1v) is 11.4. The third-order valence-electron chi connectivity index (χ3n) is 6.83. The number of nitriles is 1. The van der Waals surface area contributed by atoms with Crippen LogP contribution in [0.2, 0.25) is 0 Å². The van der Waals surface area contributed by atoms with Crippen LogP contribution in [0.4, 0.5) is 4.39 Å². The molecular weight excluding hydrogens is 427 g/mol. The van der Waals surface area contributed by atoms with Crippen molar-refractivity contribution in [1.82, 2.24) is 24.6 Å². The van der Waals surface area contributed by atoms with Crippen molar-refractivity contribution in [2.45, 2.75) is 13.0 Å². The molecule has 0 unspecified atom stereocenters. The van der Waals surface area contributed by atoms with Crippen molar-refractivity contribution in [2.24, 2.45) is 13.0 Å². The lowest BCUT2D eigenvalue weighted by atomic mass is 9.94. The Morgan fingerprint density at radius 3 is 2.85 bits per heavy atom. The second-order valence-electron chi connectivity index (χ2n) is 8.96. The summed E-state index contributed by atoms with van der Waals surface area (Å²) >= 11 is 0. The van der Waals surface area contributed by atoms with Crippen LogP contribution in [0.25, 0.3) is 44.2 Å². The lowest BCUT2D eigenvalue weighted by Gasteiger charge is -2.15. The van der Waals surface area contributed by atoms with Crippen LogP contribution >= 0.6 is 0 Å². The summed E-state index contributed by atoms with van der Waals surface area (Å²) in [6.45, 7) is 2.95. The van der Waals surface area contributed by atoms with E-state index < -0.39 is 5.82 Å². The molecule has 1 aliphatic rings. The molecule has 0 aliphatic carbocycles. The molecule has 0 saturated carbocycles. The minimum atomic E-state index is -0.426. The Morgan fingerprint density at radius 2 is 2.06 bits per heavy atom. The average molecular weight is 451 g/mol. The highest BCUT2D eigenvalue weighted by molar-refractivity contribution is 6.02. The van der Waals surface area contributed by atoms with Crippen molar-refractivity contribution >= 4 is 21.8 Å². The molecule has 0 amide bonds. The molecule has 1 N–H and O–H groups in total. The molecule has 1 saturated heterocycles. The minimum Gasteiger partial charge on any atom is -0.346 e. The molecule has 5 aromatic rings. The van der Waals surface area contributed by atoms with Crippen molar-refractivity contribution < 1.29 is 4.39 Å². The molecule has 0 spiro atoms. The van der Waals surface area contributed by atoms with Gasteiger partial charge in [0.25, 0.3) is 0 Å². The molecule has 6 nitrogen and oxygen atoms in total. The molecule has 4 heterocycles. The zero-order valence-electron chi connectivity index (χ0n) is 18.8. The predicted octanol–water partition coefficient (Wildman–Crippen LogP) is 4.88. The fourth-order valence-corrected chi connectivity index (χ4v) is 5.06. The van der Waals surface area contributed by atoms with Gasteiger partial charge in [-0.3, -0.25) is 9.67 Å². The molecule has 1 fully saturated rings. The zero-order chi connectivity index (χ0) is 23.2. The first-order valence-electron chi connectivity index (χ1n) is 11.4. The zero-order valence-corrected chi connectivity index (χ0v) is 18.8. The molecule has 6 rings (SSSR count). The Kier molecular flexibility index (Phi) is 4.89. The summed E-state index contributed by atoms with van der Waals surface area (Å²) in [6, 6.07) is 14.8. The third kappa shape index (κ3) is 3.35. The van der Waals surface area contributed by atoms with E-state index in [0.717, 1.165) is 59.0 Å². The van der Waals surface area contributed by atoms with Gasteiger partial charge in [0.1, 0.15) is 5.82 Å². The van der Waals surface area contributed by atoms with Gasteiger partial charge in [-0.15, -0.1) is 0 Å². The van der Waals surface area contributed by atoms with Gasteiger partial charge < -0.3 is 9.88 Å². The van der Waals surface area contributed by atoms with E-state index in [1.807, 2.05) is 48.4 Å². The monoisotopic (exact) mass is 450 g/mol. The smallest absolute Gasteiger partial charge is 0.132 e. The number of pyridine rings is 1. The molecule has 0 radical (unpaired) electrons. The highest BCUT2D eigenvalue weighted by Gasteiger charge is 2.21. The summed E-state index contributed by atoms with van der Waals surface area (Å²) < 4.78 is 19.4. The standard InChI is InChI=1S/C27H23FN6/c1-33-24-5-3-19(11-20(24)14-32-33)27-26(21-4-2-17(12-29)10-23(21)28)22-7-9-34(25(22)15-31-27)16-18-6-8-30-13-18/h2-5,7,9-11,14-15,18,30H,6,8,13,16H2,1H3/t18-/m1/s1. The van der Waals surface area contributed by atoms with Crippen molar-refractivity contribution in [3.05, 3.63) is 72.4 Å². The predicted molar refractivity (Wildman–Crippen MR) is 131 cm³/mol. The summed E-state index contributed by atoms with van der Waals surface area (Å²) in [5.74, 6) is 0.142. The number of halogens is 1. The molecule has 0 bridgehead atoms. The van der Waals surface area contributed by atoms with Crippen LogP contribution in [0.15, 0.2) is 61.1 Å². The number of nitrogens with zero attached hydrogens (tertiary/aromatic N) is 5. The molecule has 34 heavy (non-hydrogen) atoms. The molecular formula is C27H23FN6. The Bertz CT molecular complexity index is 1580. The van der Waals surface area contributed by atoms with Crippen molar-refractivity contribution in [1.29, 1.82) is 5.26 Å². The van der Waals surface area contributed by atoms with Gasteiger partial charge >= 0.3 is 0 Å². The van der Waals surface area contributed by atoms with E-state index in [-0.39, 0.29) is 0 Å². The number of benzene rings is 2. The van der Waals surface area contributed by atoms with Crippen LogP contribution in [-0.2, 0) is 13.6 Å². The van der Waals surface area contributed by atoms with Crippen molar-refractivity contribution in [3.8, 4) is 28.5 Å². The largest absolute Gasteiger partial charge is 0.346 e. The number of rotatable bonds is 4. The molecule has 2 aromatic carbocycles. The molecule has 1 atom stereocenters. The number of hydrogen-bond donors (Lipinski definition) is 1. The van der Waals surface area contributed by atoms with E-state index in [2.05, 4.69) is 27.2 Å². The normalized spacial score (nSPS) is 15.9. The van der Waals surface area contributed by atoms with Crippen LogP contribution < -0.4 is 5.32 Å². The van der Waals surface area contributed by atoms with Crippen LogP contribution in [0.3, 0.4) is 0 Å². The summed E-state index contributed by atoms with van der Waals surface area (Å²) in [5.41, 5.74) is 5.09. The van der Waals surface area contributed by atoms with Crippen LogP contribution in [-0.4, -0.2) is 32.4 Å². The van der Waals surface area contributed by atoms with Gasteiger partial charge in [0, 0.05) is 47.3 Å². The fraction of sp³-hybridized carbons (Fsp3) is 0.222. The summed E-state index contributed by atoms with van der Waals surface area (Å²) in [5, 5.41) is 18.9. The Morgan fingerprint density at radius 1 is 1.15 bits per heavy atom. The number of fused-ring (bicyclic) bond motifs is 2. The quantitative estimate of drug-likeness (QED) is 0.424. The Hall–Kier alpha value is -4.02. The highest BCUT2D eigenvalue weighted by atomic mass is 19.1. The number of nitrogens with one attached hydrogen (secondary N) is 1. The molecule has 168 valence electrons. The summed E-state index contributed by atoms with van der Waals surface area (Å²) in [7, 11) is 1.91. The second kappa shape index (κ2) is 8.08. The lowest BCUT2D eigenvalue weighted by molar-refractivity contribution is 0.491. The van der Waals surface area contributed by atoms with Gasteiger partial charge in [-0.25, -0.2) is 4.39 Å². The van der Waals surface area contributed by atoms with Gasteiger partial charge in [-0.1, -0.05) is 12.1 Å². The minimum absolute atomic E-state index is 0.297. The van der Waals surface area contributed by atoms with E-state index in [1.54, 1.807) is 12.1 Å². The number of aromatic nitrogens is 4. The fourth-order valence-electron chi connectivity index (χ4n) is 5.06. The van der Waals surface area contributed by atoms with E-state index in [1.165, 1.54) is 6.07 Å². The molecule has 3 aromatic heterocycles. The number of aryl methyl sites for hydroxylation is 1. The maximum absolute atomic E-state index is 15.3. The van der Waals surface area contributed by atoms with Gasteiger partial charge in [0.15, 0.2) is 0 Å². The Balaban J connectivity index is 1.57. The van der Waals surface area contributed by atoms with Crippen LogP contribution in [0.1, 0.15) is 12.0 Å². The lowest BCUT2D eigenvalue weighted by Crippen LogP contribution is -2.14. The summed E-state index contributed by atoms with van der Waals surface area (Å²) in [4.78, 5) is 4.86. The van der Waals surface area contributed by atoms with Crippen molar-refractivity contribution in [2.75, 3.05) is 13.1 Å². The third-order valence-corrected chi connectivity index (χ3v) is 6.83. The van der Waals surface area contributed by atoms with E-state index in [4.69, 9.17) is 4.98 Å². The maximum Gasteiger partial charge on any atom is 0.132 e. The highest BCUT2D eigenvalue weighted by Crippen LogP contribution is 2.39. The summed E-state index contributed by atoms with van der Waals surface area (Å²) in [6.07, 6.45) is 6.94. The SMILES string of the molecule is Cn1ncc2cc(-c3ncc4c(ccn4C[C@@H]4CCNC4)c3-c3ccc(C#N)cc3F)ccc21. The van der Waals surface area contributed by atoms with E-state index in [0.29, 0.717) is 22.7 Å². The van der Waals surface area contributed by atoms with Gasteiger partial charge in [0.05, 0.1) is 40.8 Å². The first-order chi connectivity index (χ1) is 16.6. The van der Waals surface area contributed by atoms with Gasteiger partial charge in [0.2, 0.25) is 0 Å². The maximum atomic E-state index is 15.3. The second-order valence-corrected chi connectivity index (χ2v) is 8.96. The first kappa shape index (κ1) is 20.6. The van der Waals surface area contributed by atoms with Crippen molar-refractivity contribution in [3.63, 3.8) is 0 Å². The molecule has 1 aliphatic heterocycles. The van der Waals surface area contributed by atoms with Crippen LogP contribution in [0, 0.1) is 23.1 Å². The average Bonchev–Trinajstić information content (AvgIpc) is 3.60. The van der Waals surface area contributed by atoms with E-state index in [9.17, 15) is 5.26 Å². The topological polar surface area (TPSA) is 71.5 Å². The Labute approximate surface area is 196 Å². The van der Waals surface area contributed by atoms with Crippen LogP contribution in [0.5, 0.6) is 0 Å². The number of hydrogen-bond acceptors (Lipinski definition) is 4. The van der Waals surface area contributed by atoms with Gasteiger partial charge in [-0.05, 0) is 55.8 Å². The van der Waals surface area contributed by atoms with E-state index >= 15 is 4.39 Å².